The van der Waals surface area contributed by atoms with Crippen LogP contribution in [0, 0.1) is 6.92 Å². The number of nitrogens with one attached hydrogen (secondary N) is 2. The van der Waals surface area contributed by atoms with E-state index in [0.29, 0.717) is 21.9 Å². The highest BCUT2D eigenvalue weighted by Gasteiger charge is 2.33. The van der Waals surface area contributed by atoms with E-state index in [1.54, 1.807) is 35.9 Å². The van der Waals surface area contributed by atoms with E-state index in [2.05, 4.69) is 17.6 Å². The first kappa shape index (κ1) is 25.9. The van der Waals surface area contributed by atoms with Gasteiger partial charge >= 0.3 is 0 Å². The van der Waals surface area contributed by atoms with Gasteiger partial charge in [-0.15, -0.1) is 11.3 Å². The fourth-order valence-corrected chi connectivity index (χ4v) is 4.56. The molecule has 0 saturated carbocycles. The molecular weight excluding hydrogens is 486 g/mol. The summed E-state index contributed by atoms with van der Waals surface area (Å²) in [6.07, 6.45) is 2.39. The largest absolute Gasteiger partial charge is 0.467 e. The molecule has 4 aromatic rings. The maximum atomic E-state index is 13.7. The van der Waals surface area contributed by atoms with Crippen LogP contribution in [0.1, 0.15) is 45.1 Å². The molecule has 4 rings (SSSR count). The highest BCUT2D eigenvalue weighted by atomic mass is 32.1. The zero-order valence-electron chi connectivity index (χ0n) is 20.8. The highest BCUT2D eigenvalue weighted by molar-refractivity contribution is 7.12. The van der Waals surface area contributed by atoms with E-state index in [9.17, 15) is 14.4 Å². The Balaban J connectivity index is 1.68. The van der Waals surface area contributed by atoms with Crippen LogP contribution < -0.4 is 15.5 Å². The van der Waals surface area contributed by atoms with E-state index < -0.39 is 11.9 Å². The average Bonchev–Trinajstić information content (AvgIpc) is 3.64. The Bertz CT molecular complexity index is 1310. The summed E-state index contributed by atoms with van der Waals surface area (Å²) in [4.78, 5) is 41.9. The van der Waals surface area contributed by atoms with Crippen molar-refractivity contribution in [3.63, 3.8) is 0 Å². The fraction of sp³-hybridized carbons (Fsp3) is 0.207. The predicted octanol–water partition coefficient (Wildman–Crippen LogP) is 5.03. The third-order valence-corrected chi connectivity index (χ3v) is 6.82. The molecule has 0 fully saturated rings. The van der Waals surface area contributed by atoms with E-state index in [1.165, 1.54) is 16.2 Å². The highest BCUT2D eigenvalue weighted by Crippen LogP contribution is 2.29. The summed E-state index contributed by atoms with van der Waals surface area (Å²) in [5.74, 6) is -0.506. The Labute approximate surface area is 220 Å². The molecule has 0 unspecified atom stereocenters. The van der Waals surface area contributed by atoms with E-state index >= 15 is 0 Å². The zero-order valence-corrected chi connectivity index (χ0v) is 21.6. The number of nitrogens with zero attached hydrogens (tertiary/aromatic N) is 1. The lowest BCUT2D eigenvalue weighted by atomic mass is 10.0. The fourth-order valence-electron chi connectivity index (χ4n) is 3.92. The predicted molar refractivity (Wildman–Crippen MR) is 144 cm³/mol. The third kappa shape index (κ3) is 6.54. The summed E-state index contributed by atoms with van der Waals surface area (Å²) in [7, 11) is 0. The second-order valence-electron chi connectivity index (χ2n) is 8.55. The lowest BCUT2D eigenvalue weighted by Crippen LogP contribution is -2.47. The van der Waals surface area contributed by atoms with Crippen molar-refractivity contribution in [2.75, 3.05) is 11.4 Å². The van der Waals surface area contributed by atoms with Gasteiger partial charge in [-0.2, -0.15) is 0 Å². The minimum absolute atomic E-state index is 0.181. The number of hydrogen-bond donors (Lipinski definition) is 2. The Morgan fingerprint density at radius 2 is 1.70 bits per heavy atom. The molecule has 2 heterocycles. The van der Waals surface area contributed by atoms with Crippen LogP contribution in [0.5, 0.6) is 0 Å². The van der Waals surface area contributed by atoms with Gasteiger partial charge in [0.1, 0.15) is 11.8 Å². The molecule has 1 atom stereocenters. The maximum Gasteiger partial charge on any atom is 0.261 e. The quantitative estimate of drug-likeness (QED) is 0.310. The molecule has 37 heavy (non-hydrogen) atoms. The number of carbonyl (C=O) groups is 3. The first-order valence-corrected chi connectivity index (χ1v) is 12.9. The van der Waals surface area contributed by atoms with Gasteiger partial charge in [0.15, 0.2) is 0 Å². The molecular formula is C29H29N3O4S. The molecule has 2 N–H and O–H groups in total. The lowest BCUT2D eigenvalue weighted by Gasteiger charge is -2.32. The molecule has 2 aromatic carbocycles. The Morgan fingerprint density at radius 3 is 2.32 bits per heavy atom. The summed E-state index contributed by atoms with van der Waals surface area (Å²) >= 11 is 1.30. The number of furan rings is 1. The third-order valence-electron chi connectivity index (χ3n) is 5.95. The molecule has 3 amide bonds. The van der Waals surface area contributed by atoms with Crippen LogP contribution in [0.3, 0.4) is 0 Å². The molecule has 0 spiro atoms. The van der Waals surface area contributed by atoms with Gasteiger partial charge in [0, 0.05) is 5.69 Å². The van der Waals surface area contributed by atoms with Gasteiger partial charge in [-0.3, -0.25) is 19.3 Å². The van der Waals surface area contributed by atoms with Crippen molar-refractivity contribution in [2.45, 2.75) is 32.9 Å². The van der Waals surface area contributed by atoms with Crippen molar-refractivity contribution in [2.24, 2.45) is 0 Å². The van der Waals surface area contributed by atoms with Crippen molar-refractivity contribution in [1.82, 2.24) is 10.6 Å². The first-order valence-electron chi connectivity index (χ1n) is 12.1. The minimum Gasteiger partial charge on any atom is -0.467 e. The van der Waals surface area contributed by atoms with E-state index in [-0.39, 0.29) is 24.9 Å². The number of aryl methyl sites for hydroxylation is 2. The second kappa shape index (κ2) is 12.2. The number of rotatable bonds is 10. The van der Waals surface area contributed by atoms with Crippen LogP contribution in [-0.4, -0.2) is 24.3 Å². The molecule has 2 aromatic heterocycles. The van der Waals surface area contributed by atoms with Gasteiger partial charge < -0.3 is 15.1 Å². The van der Waals surface area contributed by atoms with Crippen molar-refractivity contribution < 1.29 is 18.8 Å². The minimum atomic E-state index is -0.964. The normalized spacial score (nSPS) is 11.5. The second-order valence-corrected chi connectivity index (χ2v) is 9.50. The van der Waals surface area contributed by atoms with E-state index in [0.717, 1.165) is 17.5 Å². The molecule has 0 radical (unpaired) electrons. The van der Waals surface area contributed by atoms with E-state index in [4.69, 9.17) is 4.42 Å². The molecule has 0 aliphatic heterocycles. The Kier molecular flexibility index (Phi) is 8.53. The molecule has 0 saturated heterocycles. The summed E-state index contributed by atoms with van der Waals surface area (Å²) < 4.78 is 5.36. The van der Waals surface area contributed by atoms with Crippen LogP contribution in [0.4, 0.5) is 5.69 Å². The van der Waals surface area contributed by atoms with Gasteiger partial charge in [0.05, 0.1) is 24.2 Å². The van der Waals surface area contributed by atoms with Crippen molar-refractivity contribution >= 4 is 34.7 Å². The molecule has 8 heteroatoms. The van der Waals surface area contributed by atoms with Crippen LogP contribution in [-0.2, 0) is 22.6 Å². The van der Waals surface area contributed by atoms with Gasteiger partial charge in [-0.25, -0.2) is 0 Å². The standard InChI is InChI=1S/C29H29N3O4S/c1-3-21-10-14-23(15-11-21)32(26(33)19-31-28(34)25-7-5-17-37-25)27(22-12-8-20(2)9-13-22)29(35)30-18-24-6-4-16-36-24/h4-17,27H,3,18-19H2,1-2H3,(H,30,35)(H,31,34)/t27-/m1/s1. The molecule has 190 valence electrons. The number of thiophene rings is 1. The molecule has 0 aliphatic rings. The van der Waals surface area contributed by atoms with Gasteiger partial charge in [0.2, 0.25) is 11.8 Å². The van der Waals surface area contributed by atoms with Gasteiger partial charge in [-0.1, -0.05) is 55.0 Å². The van der Waals surface area contributed by atoms with Crippen LogP contribution >= 0.6 is 11.3 Å². The van der Waals surface area contributed by atoms with E-state index in [1.807, 2.05) is 55.5 Å². The summed E-state index contributed by atoms with van der Waals surface area (Å²) in [6, 6.07) is 21.1. The van der Waals surface area contributed by atoms with Crippen molar-refractivity contribution in [3.8, 4) is 0 Å². The zero-order chi connectivity index (χ0) is 26.2. The van der Waals surface area contributed by atoms with Crippen molar-refractivity contribution in [1.29, 1.82) is 0 Å². The van der Waals surface area contributed by atoms with Crippen LogP contribution in [0.15, 0.2) is 88.9 Å². The Morgan fingerprint density at radius 1 is 0.946 bits per heavy atom. The lowest BCUT2D eigenvalue weighted by molar-refractivity contribution is -0.126. The number of hydrogen-bond acceptors (Lipinski definition) is 5. The molecule has 0 bridgehead atoms. The topological polar surface area (TPSA) is 91.7 Å². The first-order chi connectivity index (χ1) is 18.0. The van der Waals surface area contributed by atoms with Crippen LogP contribution in [0.2, 0.25) is 0 Å². The maximum absolute atomic E-state index is 13.7. The number of anilines is 1. The molecule has 7 nitrogen and oxygen atoms in total. The molecule has 0 aliphatic carbocycles. The summed E-state index contributed by atoms with van der Waals surface area (Å²) in [5.41, 5.74) is 3.36. The number of carbonyl (C=O) groups excluding carboxylic acids is 3. The number of amides is 3. The van der Waals surface area contributed by atoms with Gasteiger partial charge in [0.25, 0.3) is 5.91 Å². The number of benzene rings is 2. The van der Waals surface area contributed by atoms with Crippen molar-refractivity contribution in [3.05, 3.63) is 112 Å². The summed E-state index contributed by atoms with van der Waals surface area (Å²) in [5, 5.41) is 7.40. The monoisotopic (exact) mass is 515 g/mol. The average molecular weight is 516 g/mol. The Hall–Kier alpha value is -4.17. The van der Waals surface area contributed by atoms with Crippen LogP contribution in [0.25, 0.3) is 0 Å². The smallest absolute Gasteiger partial charge is 0.261 e. The summed E-state index contributed by atoms with van der Waals surface area (Å²) in [6.45, 7) is 3.93. The van der Waals surface area contributed by atoms with Gasteiger partial charge in [-0.05, 0) is 60.2 Å². The SMILES string of the molecule is CCc1ccc(N(C(=O)CNC(=O)c2cccs2)[C@@H](C(=O)NCc2ccco2)c2ccc(C)cc2)cc1.